The van der Waals surface area contributed by atoms with Gasteiger partial charge in [0.1, 0.15) is 18.1 Å². The molecule has 0 aliphatic heterocycles. The van der Waals surface area contributed by atoms with Gasteiger partial charge in [-0.1, -0.05) is 70.0 Å². The van der Waals surface area contributed by atoms with Crippen LogP contribution in [0, 0.1) is 6.92 Å². The summed E-state index contributed by atoms with van der Waals surface area (Å²) in [5, 5.41) is 17.2. The Morgan fingerprint density at radius 2 is 1.79 bits per heavy atom. The van der Waals surface area contributed by atoms with Crippen molar-refractivity contribution >= 4 is 39.7 Å². The van der Waals surface area contributed by atoms with Crippen LogP contribution in [0.25, 0.3) is 11.1 Å². The highest BCUT2D eigenvalue weighted by molar-refractivity contribution is 9.10. The second kappa shape index (κ2) is 13.9. The monoisotopic (exact) mass is 605 g/mol. The summed E-state index contributed by atoms with van der Waals surface area (Å²) in [5.41, 5.74) is 7.84. The number of aryl methyl sites for hydroxylation is 1. The van der Waals surface area contributed by atoms with E-state index in [1.165, 1.54) is 23.8 Å². The Hall–Kier alpha value is -3.65. The van der Waals surface area contributed by atoms with E-state index >= 15 is 0 Å². The Kier molecular flexibility index (Phi) is 10.1. The largest absolute Gasteiger partial charge is 0.506 e. The molecule has 4 rings (SSSR count). The molecule has 1 amide bonds. The minimum absolute atomic E-state index is 0.0839. The lowest BCUT2D eigenvalue weighted by molar-refractivity contribution is 0.0955. The average molecular weight is 607 g/mol. The van der Waals surface area contributed by atoms with Crippen LogP contribution in [0.1, 0.15) is 27.0 Å². The summed E-state index contributed by atoms with van der Waals surface area (Å²) >= 11 is 9.37. The number of halogens is 2. The quantitative estimate of drug-likeness (QED) is 0.100. The number of nitrogens with one attached hydrogen (secondary N) is 2. The fourth-order valence-corrected chi connectivity index (χ4v) is 4.46. The zero-order valence-corrected chi connectivity index (χ0v) is 23.8. The molecule has 0 aromatic heterocycles. The van der Waals surface area contributed by atoms with Crippen molar-refractivity contribution in [1.29, 1.82) is 0 Å². The lowest BCUT2D eigenvalue weighted by atomic mass is 9.99. The molecule has 0 heterocycles. The Labute approximate surface area is 241 Å². The highest BCUT2D eigenvalue weighted by Crippen LogP contribution is 2.34. The molecule has 200 valence electrons. The molecule has 0 fully saturated rings. The number of benzene rings is 4. The van der Waals surface area contributed by atoms with E-state index in [2.05, 4.69) is 56.0 Å². The highest BCUT2D eigenvalue weighted by Gasteiger charge is 2.12. The van der Waals surface area contributed by atoms with Crippen LogP contribution in [0.3, 0.4) is 0 Å². The third-order valence-electron chi connectivity index (χ3n) is 6.00. The standard InChI is InChI=1S/C31H29BrClN3O3/c1-21-17-23(20-35-36-31(38)25-9-12-29(37)28(33)19-25)18-27(24-5-3-2-4-6-24)30(21)39-16-15-34-14-13-22-7-10-26(32)11-8-22/h2-12,17-20,34,37H,13-16H2,1H3,(H,36,38)/b35-20-. The molecule has 39 heavy (non-hydrogen) atoms. The van der Waals surface area contributed by atoms with Crippen LogP contribution in [0.2, 0.25) is 5.02 Å². The highest BCUT2D eigenvalue weighted by atomic mass is 79.9. The van der Waals surface area contributed by atoms with Crippen molar-refractivity contribution in [3.63, 3.8) is 0 Å². The maximum absolute atomic E-state index is 12.4. The van der Waals surface area contributed by atoms with E-state index < -0.39 is 5.91 Å². The molecule has 0 aliphatic rings. The van der Waals surface area contributed by atoms with Crippen molar-refractivity contribution in [2.75, 3.05) is 19.7 Å². The fourth-order valence-electron chi connectivity index (χ4n) is 4.01. The summed E-state index contributed by atoms with van der Waals surface area (Å²) in [6, 6.07) is 26.6. The zero-order valence-electron chi connectivity index (χ0n) is 21.5. The molecular formula is C31H29BrClN3O3. The number of phenolic OH excluding ortho intramolecular Hbond substituents is 1. The number of nitrogens with zero attached hydrogens (tertiary/aromatic N) is 1. The smallest absolute Gasteiger partial charge is 0.271 e. The number of amides is 1. The molecule has 6 nitrogen and oxygen atoms in total. The van der Waals surface area contributed by atoms with Gasteiger partial charge < -0.3 is 15.2 Å². The number of ether oxygens (including phenoxy) is 1. The van der Waals surface area contributed by atoms with Crippen molar-refractivity contribution in [2.45, 2.75) is 13.3 Å². The first kappa shape index (κ1) is 28.4. The van der Waals surface area contributed by atoms with Crippen LogP contribution in [0.4, 0.5) is 0 Å². The van der Waals surface area contributed by atoms with Crippen LogP contribution in [0.15, 0.2) is 94.5 Å². The van der Waals surface area contributed by atoms with Gasteiger partial charge in [-0.25, -0.2) is 5.43 Å². The minimum atomic E-state index is -0.430. The molecule has 0 spiro atoms. The lowest BCUT2D eigenvalue weighted by Crippen LogP contribution is -2.23. The number of hydrogen-bond donors (Lipinski definition) is 3. The number of carbonyl (C=O) groups excluding carboxylic acids is 1. The molecule has 0 saturated heterocycles. The van der Waals surface area contributed by atoms with Crippen LogP contribution in [-0.2, 0) is 6.42 Å². The van der Waals surface area contributed by atoms with E-state index in [0.717, 1.165) is 52.0 Å². The molecule has 0 unspecified atom stereocenters. The summed E-state index contributed by atoms with van der Waals surface area (Å²) in [7, 11) is 0. The van der Waals surface area contributed by atoms with E-state index in [9.17, 15) is 9.90 Å². The molecule has 0 saturated carbocycles. The minimum Gasteiger partial charge on any atom is -0.506 e. The van der Waals surface area contributed by atoms with E-state index in [4.69, 9.17) is 16.3 Å². The van der Waals surface area contributed by atoms with Gasteiger partial charge in [0.25, 0.3) is 5.91 Å². The summed E-state index contributed by atoms with van der Waals surface area (Å²) in [6.45, 7) is 4.12. The molecule has 0 bridgehead atoms. The molecule has 4 aromatic carbocycles. The average Bonchev–Trinajstić information content (AvgIpc) is 2.94. The van der Waals surface area contributed by atoms with Gasteiger partial charge in [0.05, 0.1) is 11.2 Å². The molecule has 3 N–H and O–H groups in total. The van der Waals surface area contributed by atoms with Crippen molar-refractivity contribution in [3.8, 4) is 22.6 Å². The van der Waals surface area contributed by atoms with Gasteiger partial charge in [-0.05, 0) is 84.6 Å². The SMILES string of the molecule is Cc1cc(/C=N\NC(=O)c2ccc(O)c(Cl)c2)cc(-c2ccccc2)c1OCCNCCc1ccc(Br)cc1. The first-order valence-corrected chi connectivity index (χ1v) is 13.7. The summed E-state index contributed by atoms with van der Waals surface area (Å²) < 4.78 is 7.33. The molecular weight excluding hydrogens is 578 g/mol. The summed E-state index contributed by atoms with van der Waals surface area (Å²) in [5.74, 6) is 0.302. The summed E-state index contributed by atoms with van der Waals surface area (Å²) in [6.07, 6.45) is 2.54. The fraction of sp³-hybridized carbons (Fsp3) is 0.161. The second-order valence-corrected chi connectivity index (χ2v) is 10.2. The van der Waals surface area contributed by atoms with Gasteiger partial charge in [-0.15, -0.1) is 0 Å². The third-order valence-corrected chi connectivity index (χ3v) is 6.83. The van der Waals surface area contributed by atoms with Gasteiger partial charge in [0, 0.05) is 22.1 Å². The second-order valence-electron chi connectivity index (χ2n) is 8.92. The number of phenols is 1. The summed E-state index contributed by atoms with van der Waals surface area (Å²) in [4.78, 5) is 12.4. The van der Waals surface area contributed by atoms with Gasteiger partial charge in [-0.2, -0.15) is 5.10 Å². The Bertz CT molecular complexity index is 1440. The molecule has 0 radical (unpaired) electrons. The van der Waals surface area contributed by atoms with Gasteiger partial charge in [0.2, 0.25) is 0 Å². The molecule has 0 aliphatic carbocycles. The number of aromatic hydroxyl groups is 1. The van der Waals surface area contributed by atoms with Crippen molar-refractivity contribution < 1.29 is 14.6 Å². The van der Waals surface area contributed by atoms with Crippen LogP contribution in [-0.4, -0.2) is 36.9 Å². The number of hydrazone groups is 1. The van der Waals surface area contributed by atoms with Gasteiger partial charge in [-0.3, -0.25) is 4.79 Å². The van der Waals surface area contributed by atoms with E-state index in [1.807, 2.05) is 49.4 Å². The first-order chi connectivity index (χ1) is 18.9. The maximum Gasteiger partial charge on any atom is 0.271 e. The van der Waals surface area contributed by atoms with E-state index in [1.54, 1.807) is 6.21 Å². The van der Waals surface area contributed by atoms with E-state index in [0.29, 0.717) is 12.2 Å². The molecule has 0 atom stereocenters. The normalized spacial score (nSPS) is 11.1. The Morgan fingerprint density at radius 3 is 2.54 bits per heavy atom. The van der Waals surface area contributed by atoms with Crippen LogP contribution < -0.4 is 15.5 Å². The molecule has 8 heteroatoms. The van der Waals surface area contributed by atoms with E-state index in [-0.39, 0.29) is 10.8 Å². The van der Waals surface area contributed by atoms with Gasteiger partial charge >= 0.3 is 0 Å². The lowest BCUT2D eigenvalue weighted by Gasteiger charge is -2.16. The topological polar surface area (TPSA) is 83.0 Å². The van der Waals surface area contributed by atoms with Crippen molar-refractivity contribution in [3.05, 3.63) is 117 Å². The van der Waals surface area contributed by atoms with Crippen molar-refractivity contribution in [2.24, 2.45) is 5.10 Å². The van der Waals surface area contributed by atoms with Crippen molar-refractivity contribution in [1.82, 2.24) is 10.7 Å². The Morgan fingerprint density at radius 1 is 1.03 bits per heavy atom. The predicted molar refractivity (Wildman–Crippen MR) is 161 cm³/mol. The maximum atomic E-state index is 12.4. The zero-order chi connectivity index (χ0) is 27.6. The third kappa shape index (κ3) is 8.17. The number of rotatable bonds is 11. The Balaban J connectivity index is 1.40. The predicted octanol–water partition coefficient (Wildman–Crippen LogP) is 6.76. The number of hydrogen-bond acceptors (Lipinski definition) is 5. The van der Waals surface area contributed by atoms with Crippen LogP contribution >= 0.6 is 27.5 Å². The molecule has 4 aromatic rings. The van der Waals surface area contributed by atoms with Crippen LogP contribution in [0.5, 0.6) is 11.5 Å². The van der Waals surface area contributed by atoms with Gasteiger partial charge in [0.15, 0.2) is 0 Å². The first-order valence-electron chi connectivity index (χ1n) is 12.5. The number of carbonyl (C=O) groups is 1.